The minimum absolute atomic E-state index is 0.0433. The van der Waals surface area contributed by atoms with Crippen molar-refractivity contribution in [3.8, 4) is 0 Å². The minimum Gasteiger partial charge on any atom is -0.343 e. The number of carbonyl (C=O) groups is 1. The van der Waals surface area contributed by atoms with Crippen molar-refractivity contribution in [1.29, 1.82) is 0 Å². The average molecular weight is 249 g/mol. The Morgan fingerprint density at radius 2 is 2.07 bits per heavy atom. The van der Waals surface area contributed by atoms with Gasteiger partial charge in [-0.3, -0.25) is 9.78 Å². The highest BCUT2D eigenvalue weighted by atomic mass is 35.7. The first kappa shape index (κ1) is 11.9. The maximum absolute atomic E-state index is 11.4. The predicted molar refractivity (Wildman–Crippen MR) is 55.3 cm³/mol. The fraction of sp³-hybridized carbons (Fsp3) is 0.250. The SMILES string of the molecule is CN(C)C(=O)c1cc(S(=O)(=O)Cl)ccn1. The van der Waals surface area contributed by atoms with Crippen LogP contribution in [0.2, 0.25) is 0 Å². The lowest BCUT2D eigenvalue weighted by atomic mass is 10.3. The monoisotopic (exact) mass is 248 g/mol. The molecule has 0 fully saturated rings. The summed E-state index contributed by atoms with van der Waals surface area (Å²) in [6.07, 6.45) is 1.23. The average Bonchev–Trinajstić information content (AvgIpc) is 2.15. The molecule has 0 aliphatic rings. The van der Waals surface area contributed by atoms with Crippen molar-refractivity contribution < 1.29 is 13.2 Å². The van der Waals surface area contributed by atoms with E-state index >= 15 is 0 Å². The Hall–Kier alpha value is -1.14. The number of hydrogen-bond donors (Lipinski definition) is 0. The second-order valence-electron chi connectivity index (χ2n) is 3.01. The van der Waals surface area contributed by atoms with Gasteiger partial charge in [0.05, 0.1) is 4.90 Å². The molecule has 0 spiro atoms. The molecule has 0 bridgehead atoms. The van der Waals surface area contributed by atoms with E-state index in [1.807, 2.05) is 0 Å². The van der Waals surface area contributed by atoms with Crippen LogP contribution in [0.4, 0.5) is 0 Å². The largest absolute Gasteiger partial charge is 0.343 e. The molecule has 1 rings (SSSR count). The van der Waals surface area contributed by atoms with Crippen molar-refractivity contribution in [3.63, 3.8) is 0 Å². The van der Waals surface area contributed by atoms with Crippen molar-refractivity contribution in [1.82, 2.24) is 9.88 Å². The zero-order valence-corrected chi connectivity index (χ0v) is 9.71. The molecule has 1 aromatic rings. The predicted octanol–water partition coefficient (Wildman–Crippen LogP) is 0.711. The van der Waals surface area contributed by atoms with Crippen LogP contribution in [0, 0.1) is 0 Å². The lowest BCUT2D eigenvalue weighted by molar-refractivity contribution is 0.0821. The first-order valence-corrected chi connectivity index (χ1v) is 6.25. The Morgan fingerprint density at radius 1 is 1.47 bits per heavy atom. The van der Waals surface area contributed by atoms with Crippen molar-refractivity contribution in [2.75, 3.05) is 14.1 Å². The smallest absolute Gasteiger partial charge is 0.271 e. The van der Waals surface area contributed by atoms with Gasteiger partial charge in [-0.25, -0.2) is 8.42 Å². The van der Waals surface area contributed by atoms with Gasteiger partial charge in [-0.15, -0.1) is 0 Å². The van der Waals surface area contributed by atoms with Crippen molar-refractivity contribution in [2.24, 2.45) is 0 Å². The molecule has 0 unspecified atom stereocenters. The summed E-state index contributed by atoms with van der Waals surface area (Å²) in [7, 11) is 4.41. The highest BCUT2D eigenvalue weighted by Gasteiger charge is 2.15. The third-order valence-corrected chi connectivity index (χ3v) is 2.99. The molecule has 0 atom stereocenters. The van der Waals surface area contributed by atoms with E-state index in [1.54, 1.807) is 14.1 Å². The van der Waals surface area contributed by atoms with E-state index in [0.29, 0.717) is 0 Å². The Bertz CT molecular complexity index is 484. The third kappa shape index (κ3) is 2.90. The number of rotatable bonds is 2. The summed E-state index contributed by atoms with van der Waals surface area (Å²) in [6, 6.07) is 2.37. The van der Waals surface area contributed by atoms with Crippen LogP contribution >= 0.6 is 10.7 Å². The number of nitrogens with zero attached hydrogens (tertiary/aromatic N) is 2. The number of halogens is 1. The number of aromatic nitrogens is 1. The van der Waals surface area contributed by atoms with Crippen LogP contribution in [0.3, 0.4) is 0 Å². The second-order valence-corrected chi connectivity index (χ2v) is 5.58. The number of carbonyl (C=O) groups excluding carboxylic acids is 1. The fourth-order valence-corrected chi connectivity index (χ4v) is 1.67. The summed E-state index contributed by atoms with van der Waals surface area (Å²) < 4.78 is 22.0. The van der Waals surface area contributed by atoms with E-state index in [0.717, 1.165) is 6.07 Å². The van der Waals surface area contributed by atoms with Gasteiger partial charge in [0.15, 0.2) is 0 Å². The summed E-state index contributed by atoms with van der Waals surface area (Å²) in [5, 5.41) is 0. The highest BCUT2D eigenvalue weighted by Crippen LogP contribution is 2.15. The Balaban J connectivity index is 3.20. The lowest BCUT2D eigenvalue weighted by Crippen LogP contribution is -2.22. The molecular formula is C8H9ClN2O3S. The summed E-state index contributed by atoms with van der Waals surface area (Å²) in [5.74, 6) is -0.378. The van der Waals surface area contributed by atoms with Gasteiger partial charge in [0.25, 0.3) is 15.0 Å². The molecule has 0 saturated heterocycles. The molecule has 0 aliphatic heterocycles. The number of amides is 1. The molecule has 1 aromatic heterocycles. The number of pyridine rings is 1. The van der Waals surface area contributed by atoms with Gasteiger partial charge in [-0.05, 0) is 12.1 Å². The van der Waals surface area contributed by atoms with Crippen molar-refractivity contribution in [3.05, 3.63) is 24.0 Å². The Kier molecular flexibility index (Phi) is 3.31. The van der Waals surface area contributed by atoms with E-state index < -0.39 is 9.05 Å². The molecule has 1 heterocycles. The molecule has 0 radical (unpaired) electrons. The van der Waals surface area contributed by atoms with Crippen molar-refractivity contribution >= 4 is 25.6 Å². The number of hydrogen-bond acceptors (Lipinski definition) is 4. The van der Waals surface area contributed by atoms with Crippen LogP contribution in [0.25, 0.3) is 0 Å². The van der Waals surface area contributed by atoms with Crippen LogP contribution in [0.1, 0.15) is 10.5 Å². The van der Waals surface area contributed by atoms with E-state index in [-0.39, 0.29) is 16.5 Å². The van der Waals surface area contributed by atoms with Gasteiger partial charge in [0.2, 0.25) is 0 Å². The summed E-state index contributed by atoms with van der Waals surface area (Å²) in [4.78, 5) is 16.4. The molecule has 0 aliphatic carbocycles. The quantitative estimate of drug-likeness (QED) is 0.723. The van der Waals surface area contributed by atoms with Crippen LogP contribution in [0.5, 0.6) is 0 Å². The Morgan fingerprint density at radius 3 is 2.53 bits per heavy atom. The van der Waals surface area contributed by atoms with E-state index in [2.05, 4.69) is 4.98 Å². The summed E-state index contributed by atoms with van der Waals surface area (Å²) >= 11 is 0. The standard InChI is InChI=1S/C8H9ClN2O3S/c1-11(2)8(12)7-5-6(3-4-10-7)15(9,13)14/h3-5H,1-2H3. The molecule has 0 saturated carbocycles. The Labute approximate surface area is 92.1 Å². The van der Waals surface area contributed by atoms with Gasteiger partial charge in [-0.1, -0.05) is 0 Å². The van der Waals surface area contributed by atoms with Crippen LogP contribution in [-0.2, 0) is 9.05 Å². The zero-order valence-electron chi connectivity index (χ0n) is 8.14. The molecule has 0 aromatic carbocycles. The molecule has 1 amide bonds. The second kappa shape index (κ2) is 4.16. The molecule has 7 heteroatoms. The van der Waals surface area contributed by atoms with Gasteiger partial charge >= 0.3 is 0 Å². The maximum Gasteiger partial charge on any atom is 0.271 e. The molecule has 15 heavy (non-hydrogen) atoms. The van der Waals surface area contributed by atoms with Crippen LogP contribution in [0.15, 0.2) is 23.2 Å². The first-order valence-electron chi connectivity index (χ1n) is 3.95. The summed E-state index contributed by atoms with van der Waals surface area (Å²) in [5.41, 5.74) is 0.0433. The summed E-state index contributed by atoms with van der Waals surface area (Å²) in [6.45, 7) is 0. The molecule has 0 N–H and O–H groups in total. The van der Waals surface area contributed by atoms with Gasteiger partial charge < -0.3 is 4.90 Å². The van der Waals surface area contributed by atoms with Gasteiger partial charge in [0, 0.05) is 31.0 Å². The molecule has 82 valence electrons. The third-order valence-electron chi connectivity index (χ3n) is 1.64. The fourth-order valence-electron chi connectivity index (χ4n) is 0.909. The van der Waals surface area contributed by atoms with Crippen LogP contribution in [-0.4, -0.2) is 38.3 Å². The van der Waals surface area contributed by atoms with Crippen molar-refractivity contribution in [2.45, 2.75) is 4.90 Å². The molecule has 5 nitrogen and oxygen atoms in total. The highest BCUT2D eigenvalue weighted by molar-refractivity contribution is 8.13. The normalized spacial score (nSPS) is 11.1. The van der Waals surface area contributed by atoms with E-state index in [1.165, 1.54) is 17.2 Å². The zero-order chi connectivity index (χ0) is 11.6. The minimum atomic E-state index is -3.82. The maximum atomic E-state index is 11.4. The topological polar surface area (TPSA) is 67.3 Å². The van der Waals surface area contributed by atoms with Gasteiger partial charge in [-0.2, -0.15) is 0 Å². The van der Waals surface area contributed by atoms with Crippen LogP contribution < -0.4 is 0 Å². The van der Waals surface area contributed by atoms with Gasteiger partial charge in [0.1, 0.15) is 5.69 Å². The van der Waals surface area contributed by atoms with E-state index in [4.69, 9.17) is 10.7 Å². The lowest BCUT2D eigenvalue weighted by Gasteiger charge is -2.09. The first-order chi connectivity index (χ1) is 6.82. The molecular weight excluding hydrogens is 240 g/mol. The van der Waals surface area contributed by atoms with E-state index in [9.17, 15) is 13.2 Å².